The summed E-state index contributed by atoms with van der Waals surface area (Å²) in [5.74, 6) is 0.414. The number of hydrogen-bond acceptors (Lipinski definition) is 4. The molecule has 1 amide bonds. The number of aryl methyl sites for hydroxylation is 1. The molecular weight excluding hydrogens is 388 g/mol. The van der Waals surface area contributed by atoms with E-state index in [2.05, 4.69) is 5.32 Å². The van der Waals surface area contributed by atoms with Gasteiger partial charge in [-0.1, -0.05) is 30.3 Å². The van der Waals surface area contributed by atoms with Crippen molar-refractivity contribution in [2.45, 2.75) is 42.8 Å². The molecule has 5 rings (SSSR count). The third kappa shape index (κ3) is 3.70. The Balaban J connectivity index is 1.45. The zero-order valence-corrected chi connectivity index (χ0v) is 16.9. The van der Waals surface area contributed by atoms with Crippen molar-refractivity contribution in [2.24, 2.45) is 5.92 Å². The number of fused-ring (bicyclic) bond motifs is 1. The van der Waals surface area contributed by atoms with Crippen LogP contribution in [-0.4, -0.2) is 37.8 Å². The molecule has 0 aromatic heterocycles. The van der Waals surface area contributed by atoms with Crippen LogP contribution >= 0.6 is 0 Å². The van der Waals surface area contributed by atoms with E-state index in [0.29, 0.717) is 37.5 Å². The molecule has 7 heteroatoms. The zero-order valence-electron chi connectivity index (χ0n) is 16.1. The van der Waals surface area contributed by atoms with Crippen LogP contribution in [0.15, 0.2) is 53.4 Å². The van der Waals surface area contributed by atoms with E-state index in [1.807, 2.05) is 30.3 Å². The van der Waals surface area contributed by atoms with Crippen LogP contribution in [0.2, 0.25) is 0 Å². The highest BCUT2D eigenvalue weighted by Gasteiger charge is 2.42. The van der Waals surface area contributed by atoms with E-state index in [0.717, 1.165) is 24.0 Å². The van der Waals surface area contributed by atoms with Crippen molar-refractivity contribution in [2.75, 3.05) is 18.4 Å². The smallest absolute Gasteiger partial charge is 0.243 e. The van der Waals surface area contributed by atoms with Gasteiger partial charge in [0.15, 0.2) is 0 Å². The first-order chi connectivity index (χ1) is 14.0. The second kappa shape index (κ2) is 7.23. The van der Waals surface area contributed by atoms with Crippen molar-refractivity contribution in [1.82, 2.24) is 4.31 Å². The highest BCUT2D eigenvalue weighted by molar-refractivity contribution is 7.89. The van der Waals surface area contributed by atoms with Crippen LogP contribution in [0.25, 0.3) is 0 Å². The van der Waals surface area contributed by atoms with E-state index < -0.39 is 10.0 Å². The average Bonchev–Trinajstić information content (AvgIpc) is 3.59. The van der Waals surface area contributed by atoms with Crippen LogP contribution in [0.5, 0.6) is 0 Å². The third-order valence-electron chi connectivity index (χ3n) is 6.02. The lowest BCUT2D eigenvalue weighted by molar-refractivity contribution is -0.116. The van der Waals surface area contributed by atoms with E-state index in [-0.39, 0.29) is 23.0 Å². The number of benzene rings is 2. The first-order valence-corrected chi connectivity index (χ1v) is 11.6. The Kier molecular flexibility index (Phi) is 4.69. The largest absolute Gasteiger partial charge is 0.367 e. The number of anilines is 1. The van der Waals surface area contributed by atoms with Gasteiger partial charge in [-0.25, -0.2) is 8.42 Å². The van der Waals surface area contributed by atoms with Gasteiger partial charge in [0.1, 0.15) is 0 Å². The van der Waals surface area contributed by atoms with Gasteiger partial charge in [-0.05, 0) is 54.5 Å². The molecule has 0 radical (unpaired) electrons. The molecule has 1 N–H and O–H groups in total. The van der Waals surface area contributed by atoms with Gasteiger partial charge in [0.2, 0.25) is 15.9 Å². The molecule has 3 aliphatic rings. The molecule has 1 aliphatic carbocycles. The predicted octanol–water partition coefficient (Wildman–Crippen LogP) is 3.11. The lowest BCUT2D eigenvalue weighted by atomic mass is 10.0. The summed E-state index contributed by atoms with van der Waals surface area (Å²) in [4.78, 5) is 11.9. The molecular formula is C22H24N2O4S. The van der Waals surface area contributed by atoms with Crippen molar-refractivity contribution in [3.05, 3.63) is 59.7 Å². The Bertz CT molecular complexity index is 1030. The molecule has 2 fully saturated rings. The van der Waals surface area contributed by atoms with Crippen LogP contribution in [-0.2, 0) is 26.0 Å². The zero-order chi connectivity index (χ0) is 20.0. The van der Waals surface area contributed by atoms with Crippen LogP contribution in [0.4, 0.5) is 5.69 Å². The van der Waals surface area contributed by atoms with Gasteiger partial charge >= 0.3 is 0 Å². The van der Waals surface area contributed by atoms with E-state index in [1.54, 1.807) is 22.5 Å². The Morgan fingerprint density at radius 1 is 1.00 bits per heavy atom. The minimum atomic E-state index is -3.65. The number of ether oxygens (including phenoxy) is 1. The minimum absolute atomic E-state index is 0.0285. The topological polar surface area (TPSA) is 75.7 Å². The fourth-order valence-corrected chi connectivity index (χ4v) is 5.71. The highest BCUT2D eigenvalue weighted by atomic mass is 32.2. The maximum Gasteiger partial charge on any atom is 0.243 e. The molecule has 2 aromatic rings. The Morgan fingerprint density at radius 3 is 2.55 bits per heavy atom. The molecule has 0 unspecified atom stereocenters. The monoisotopic (exact) mass is 412 g/mol. The number of sulfonamides is 1. The molecule has 2 atom stereocenters. The van der Waals surface area contributed by atoms with Crippen molar-refractivity contribution < 1.29 is 17.9 Å². The van der Waals surface area contributed by atoms with Gasteiger partial charge in [0.05, 0.1) is 17.1 Å². The minimum Gasteiger partial charge on any atom is -0.367 e. The molecule has 0 bridgehead atoms. The summed E-state index contributed by atoms with van der Waals surface area (Å²) < 4.78 is 34.9. The van der Waals surface area contributed by atoms with Crippen LogP contribution in [0.1, 0.15) is 36.5 Å². The van der Waals surface area contributed by atoms with E-state index >= 15 is 0 Å². The van der Waals surface area contributed by atoms with Gasteiger partial charge in [0, 0.05) is 25.2 Å². The van der Waals surface area contributed by atoms with Crippen LogP contribution < -0.4 is 5.32 Å². The van der Waals surface area contributed by atoms with Gasteiger partial charge in [-0.2, -0.15) is 4.31 Å². The summed E-state index contributed by atoms with van der Waals surface area (Å²) in [5, 5.41) is 2.81. The third-order valence-corrected chi connectivity index (χ3v) is 7.85. The molecule has 2 aromatic carbocycles. The van der Waals surface area contributed by atoms with Crippen molar-refractivity contribution in [3.63, 3.8) is 0 Å². The van der Waals surface area contributed by atoms with Crippen LogP contribution in [0, 0.1) is 5.92 Å². The first-order valence-electron chi connectivity index (χ1n) is 10.1. The lowest BCUT2D eigenvalue weighted by Gasteiger charge is -2.38. The maximum atomic E-state index is 13.5. The molecule has 29 heavy (non-hydrogen) atoms. The van der Waals surface area contributed by atoms with E-state index in [9.17, 15) is 13.2 Å². The van der Waals surface area contributed by atoms with Crippen molar-refractivity contribution in [1.29, 1.82) is 0 Å². The maximum absolute atomic E-state index is 13.5. The second-order valence-corrected chi connectivity index (χ2v) is 10.0. The number of nitrogens with zero attached hydrogens (tertiary/aromatic N) is 1. The number of nitrogens with one attached hydrogen (secondary N) is 1. The number of rotatable bonds is 4. The quantitative estimate of drug-likeness (QED) is 0.837. The summed E-state index contributed by atoms with van der Waals surface area (Å²) >= 11 is 0. The van der Waals surface area contributed by atoms with E-state index in [4.69, 9.17) is 4.74 Å². The molecule has 2 heterocycles. The van der Waals surface area contributed by atoms with Gasteiger partial charge in [-0.3, -0.25) is 4.79 Å². The summed E-state index contributed by atoms with van der Waals surface area (Å²) in [6.07, 6.45) is 2.80. The number of morpholine rings is 1. The molecule has 0 spiro atoms. The molecule has 152 valence electrons. The fraction of sp³-hybridized carbons (Fsp3) is 0.409. The number of carbonyl (C=O) groups is 1. The van der Waals surface area contributed by atoms with Gasteiger partial charge < -0.3 is 10.1 Å². The van der Waals surface area contributed by atoms with E-state index in [1.165, 1.54) is 0 Å². The fourth-order valence-electron chi connectivity index (χ4n) is 4.20. The second-order valence-electron chi connectivity index (χ2n) is 8.10. The van der Waals surface area contributed by atoms with Crippen LogP contribution in [0.3, 0.4) is 0 Å². The average molecular weight is 413 g/mol. The van der Waals surface area contributed by atoms with Gasteiger partial charge in [-0.15, -0.1) is 0 Å². The predicted molar refractivity (Wildman–Crippen MR) is 109 cm³/mol. The summed E-state index contributed by atoms with van der Waals surface area (Å²) in [6.45, 7) is 0.702. The number of amides is 1. The molecule has 1 saturated carbocycles. The standard InChI is InChI=1S/C22H24N2O4S/c25-22-11-8-17-12-18(9-10-19(17)23-22)29(26,27)24-13-20(15-4-2-1-3-5-15)28-21(14-24)16-6-7-16/h1-5,9-10,12,16,20-21H,6-8,11,13-14H2,(H,23,25)/t20-,21+/m0/s1. The lowest BCUT2D eigenvalue weighted by Crippen LogP contribution is -2.47. The molecule has 6 nitrogen and oxygen atoms in total. The Morgan fingerprint density at radius 2 is 1.79 bits per heavy atom. The number of hydrogen-bond donors (Lipinski definition) is 1. The number of carbonyl (C=O) groups excluding carboxylic acids is 1. The molecule has 1 saturated heterocycles. The summed E-state index contributed by atoms with van der Waals surface area (Å²) in [5.41, 5.74) is 2.59. The SMILES string of the molecule is O=C1CCc2cc(S(=O)(=O)N3C[C@@H](c4ccccc4)O[C@@H](C4CC4)C3)ccc2N1. The normalized spacial score (nSPS) is 25.3. The van der Waals surface area contributed by atoms with Crippen molar-refractivity contribution in [3.8, 4) is 0 Å². The molecule has 2 aliphatic heterocycles. The highest BCUT2D eigenvalue weighted by Crippen LogP contribution is 2.40. The van der Waals surface area contributed by atoms with Gasteiger partial charge in [0.25, 0.3) is 0 Å². The first kappa shape index (κ1) is 18.8. The summed E-state index contributed by atoms with van der Waals surface area (Å²) in [7, 11) is -3.65. The Labute approximate surface area is 170 Å². The van der Waals surface area contributed by atoms with Crippen molar-refractivity contribution >= 4 is 21.6 Å². The summed E-state index contributed by atoms with van der Waals surface area (Å²) in [6, 6.07) is 14.9. The Hall–Kier alpha value is -2.22.